The molecule has 0 saturated carbocycles. The van der Waals surface area contributed by atoms with Crippen LogP contribution in [0.25, 0.3) is 0 Å². The van der Waals surface area contributed by atoms with Crippen LogP contribution >= 0.6 is 0 Å². The van der Waals surface area contributed by atoms with Gasteiger partial charge < -0.3 is 10.2 Å². The summed E-state index contributed by atoms with van der Waals surface area (Å²) in [5, 5.41) is 18.6. The summed E-state index contributed by atoms with van der Waals surface area (Å²) in [5.41, 5.74) is 0.434. The number of hydrogen-bond donors (Lipinski definition) is 2. The molecule has 0 aromatic heterocycles. The van der Waals surface area contributed by atoms with E-state index in [4.69, 9.17) is 0 Å². The summed E-state index contributed by atoms with van der Waals surface area (Å²) in [5.74, 6) is 0. The summed E-state index contributed by atoms with van der Waals surface area (Å²) >= 11 is 0. The molecular formula is C15H32O2. The molecule has 0 saturated heterocycles. The number of hydrogen-bond acceptors (Lipinski definition) is 2. The van der Waals surface area contributed by atoms with E-state index in [9.17, 15) is 10.2 Å². The molecule has 2 N–H and O–H groups in total. The molecule has 0 aliphatic carbocycles. The fourth-order valence-corrected chi connectivity index (χ4v) is 2.63. The number of rotatable bonds is 10. The van der Waals surface area contributed by atoms with E-state index >= 15 is 0 Å². The highest BCUT2D eigenvalue weighted by Gasteiger charge is 2.25. The van der Waals surface area contributed by atoms with Crippen molar-refractivity contribution in [3.63, 3.8) is 0 Å². The minimum Gasteiger partial charge on any atom is -0.393 e. The van der Waals surface area contributed by atoms with Crippen LogP contribution in [0.2, 0.25) is 0 Å². The van der Waals surface area contributed by atoms with Crippen molar-refractivity contribution >= 4 is 0 Å². The van der Waals surface area contributed by atoms with E-state index in [1.165, 1.54) is 25.7 Å². The van der Waals surface area contributed by atoms with Crippen LogP contribution in [0.15, 0.2) is 0 Å². The quantitative estimate of drug-likeness (QED) is 0.612. The van der Waals surface area contributed by atoms with E-state index in [1.54, 1.807) is 0 Å². The average molecular weight is 244 g/mol. The Morgan fingerprint density at radius 1 is 0.824 bits per heavy atom. The van der Waals surface area contributed by atoms with Gasteiger partial charge in [0, 0.05) is 0 Å². The van der Waals surface area contributed by atoms with Gasteiger partial charge in [0.05, 0.1) is 12.2 Å². The van der Waals surface area contributed by atoms with E-state index < -0.39 is 0 Å². The zero-order chi connectivity index (χ0) is 13.3. The number of aliphatic hydroxyl groups is 2. The van der Waals surface area contributed by atoms with E-state index in [-0.39, 0.29) is 12.2 Å². The van der Waals surface area contributed by atoms with Crippen LogP contribution in [0.5, 0.6) is 0 Å². The molecule has 0 spiro atoms. The second-order valence-electron chi connectivity index (χ2n) is 5.69. The Hall–Kier alpha value is -0.0800. The highest BCUT2D eigenvalue weighted by Crippen LogP contribution is 2.38. The summed E-state index contributed by atoms with van der Waals surface area (Å²) in [6.45, 7) is 8.28. The van der Waals surface area contributed by atoms with Gasteiger partial charge in [-0.15, -0.1) is 0 Å². The molecule has 0 heterocycles. The Morgan fingerprint density at radius 3 is 1.41 bits per heavy atom. The Balaban J connectivity index is 4.06. The van der Waals surface area contributed by atoms with Crippen LogP contribution in [0.3, 0.4) is 0 Å². The third kappa shape index (κ3) is 7.77. The highest BCUT2D eigenvalue weighted by atomic mass is 16.3. The maximum Gasteiger partial charge on any atom is 0.0512 e. The van der Waals surface area contributed by atoms with Gasteiger partial charge in [-0.25, -0.2) is 0 Å². The highest BCUT2D eigenvalue weighted by molar-refractivity contribution is 4.77. The van der Waals surface area contributed by atoms with Gasteiger partial charge in [0.1, 0.15) is 0 Å². The normalized spacial score (nSPS) is 15.9. The van der Waals surface area contributed by atoms with Gasteiger partial charge in [0.15, 0.2) is 0 Å². The van der Waals surface area contributed by atoms with Gasteiger partial charge in [0.25, 0.3) is 0 Å². The van der Waals surface area contributed by atoms with Crippen LogP contribution in [0, 0.1) is 5.41 Å². The molecule has 0 fully saturated rings. The second-order valence-corrected chi connectivity index (χ2v) is 5.69. The second kappa shape index (κ2) is 8.93. The van der Waals surface area contributed by atoms with Crippen molar-refractivity contribution in [3.8, 4) is 0 Å². The van der Waals surface area contributed by atoms with Crippen molar-refractivity contribution in [2.45, 2.75) is 91.3 Å². The van der Waals surface area contributed by atoms with E-state index in [1.807, 2.05) is 13.8 Å². The lowest BCUT2D eigenvalue weighted by atomic mass is 9.74. The molecule has 0 aliphatic heterocycles. The monoisotopic (exact) mass is 244 g/mol. The summed E-state index contributed by atoms with van der Waals surface area (Å²) in [6, 6.07) is 0. The van der Waals surface area contributed by atoms with Crippen LogP contribution < -0.4 is 0 Å². The van der Waals surface area contributed by atoms with Crippen LogP contribution in [0.4, 0.5) is 0 Å². The lowest BCUT2D eigenvalue weighted by Crippen LogP contribution is -2.20. The molecule has 0 rings (SSSR count). The van der Waals surface area contributed by atoms with Gasteiger partial charge in [0.2, 0.25) is 0 Å². The fourth-order valence-electron chi connectivity index (χ4n) is 2.63. The van der Waals surface area contributed by atoms with Crippen molar-refractivity contribution in [3.05, 3.63) is 0 Å². The molecule has 104 valence electrons. The fraction of sp³-hybridized carbons (Fsp3) is 1.00. The van der Waals surface area contributed by atoms with E-state index in [0.717, 1.165) is 25.7 Å². The van der Waals surface area contributed by atoms with Gasteiger partial charge in [-0.05, 0) is 44.9 Å². The third-order valence-corrected chi connectivity index (χ3v) is 4.16. The lowest BCUT2D eigenvalue weighted by molar-refractivity contribution is 0.143. The predicted octanol–water partition coefficient (Wildman–Crippen LogP) is 3.90. The molecule has 0 amide bonds. The summed E-state index contributed by atoms with van der Waals surface area (Å²) in [4.78, 5) is 0. The van der Waals surface area contributed by atoms with Crippen molar-refractivity contribution in [2.75, 3.05) is 0 Å². The average Bonchev–Trinajstić information content (AvgIpc) is 2.26. The molecule has 0 bridgehead atoms. The van der Waals surface area contributed by atoms with E-state index in [0.29, 0.717) is 5.41 Å². The number of aliphatic hydroxyl groups excluding tert-OH is 2. The molecule has 0 aromatic carbocycles. The first kappa shape index (κ1) is 16.9. The SMILES string of the molecule is CCC(CC)(CCCC(C)O)CCCC(C)O. The Labute approximate surface area is 107 Å². The molecule has 2 nitrogen and oxygen atoms in total. The summed E-state index contributed by atoms with van der Waals surface area (Å²) in [7, 11) is 0. The Kier molecular flexibility index (Phi) is 8.89. The van der Waals surface area contributed by atoms with Crippen LogP contribution in [-0.4, -0.2) is 22.4 Å². The van der Waals surface area contributed by atoms with Gasteiger partial charge in [-0.2, -0.15) is 0 Å². The third-order valence-electron chi connectivity index (χ3n) is 4.16. The molecule has 0 radical (unpaired) electrons. The maximum atomic E-state index is 9.31. The van der Waals surface area contributed by atoms with Crippen LogP contribution in [0.1, 0.15) is 79.1 Å². The standard InChI is InChI=1S/C15H32O2/c1-5-15(6-2,11-7-9-13(3)16)12-8-10-14(4)17/h13-14,16-17H,5-12H2,1-4H3. The Morgan fingerprint density at radius 2 is 1.18 bits per heavy atom. The Bertz CT molecular complexity index is 156. The molecular weight excluding hydrogens is 212 g/mol. The summed E-state index contributed by atoms with van der Waals surface area (Å²) < 4.78 is 0. The lowest BCUT2D eigenvalue weighted by Gasteiger charge is -2.32. The van der Waals surface area contributed by atoms with Crippen molar-refractivity contribution < 1.29 is 10.2 Å². The van der Waals surface area contributed by atoms with Crippen molar-refractivity contribution in [2.24, 2.45) is 5.41 Å². The van der Waals surface area contributed by atoms with Crippen LogP contribution in [-0.2, 0) is 0 Å². The van der Waals surface area contributed by atoms with Gasteiger partial charge in [-0.1, -0.05) is 39.5 Å². The van der Waals surface area contributed by atoms with Gasteiger partial charge >= 0.3 is 0 Å². The van der Waals surface area contributed by atoms with Crippen molar-refractivity contribution in [1.82, 2.24) is 0 Å². The topological polar surface area (TPSA) is 40.5 Å². The molecule has 17 heavy (non-hydrogen) atoms. The zero-order valence-corrected chi connectivity index (χ0v) is 12.2. The predicted molar refractivity (Wildman–Crippen MR) is 74.1 cm³/mol. The first-order valence-electron chi connectivity index (χ1n) is 7.32. The molecule has 2 heteroatoms. The minimum absolute atomic E-state index is 0.168. The summed E-state index contributed by atoms with van der Waals surface area (Å²) in [6.07, 6.45) is 8.58. The van der Waals surface area contributed by atoms with E-state index in [2.05, 4.69) is 13.8 Å². The zero-order valence-electron chi connectivity index (χ0n) is 12.2. The first-order valence-corrected chi connectivity index (χ1v) is 7.32. The first-order chi connectivity index (χ1) is 7.95. The molecule has 2 atom stereocenters. The largest absolute Gasteiger partial charge is 0.393 e. The molecule has 0 aromatic rings. The van der Waals surface area contributed by atoms with Crippen molar-refractivity contribution in [1.29, 1.82) is 0 Å². The molecule has 0 aliphatic rings. The van der Waals surface area contributed by atoms with Gasteiger partial charge in [-0.3, -0.25) is 0 Å². The minimum atomic E-state index is -0.168. The molecule has 2 unspecified atom stereocenters. The smallest absolute Gasteiger partial charge is 0.0512 e. The maximum absolute atomic E-state index is 9.31.